The summed E-state index contributed by atoms with van der Waals surface area (Å²) in [5.41, 5.74) is 6.17. The Kier molecular flexibility index (Phi) is 3.36. The van der Waals surface area contributed by atoms with Crippen LogP contribution in [0.15, 0.2) is 0 Å². The average Bonchev–Trinajstić information content (AvgIpc) is 2.42. The van der Waals surface area contributed by atoms with Gasteiger partial charge in [-0.15, -0.1) is 0 Å². The largest absolute Gasteiger partial charge is 0.329 e. The second-order valence-corrected chi connectivity index (χ2v) is 5.15. The molecule has 0 aromatic rings. The monoisotopic (exact) mass is 184 g/mol. The van der Waals surface area contributed by atoms with E-state index < -0.39 is 0 Å². The molecule has 1 aliphatic rings. The molecule has 0 radical (unpaired) electrons. The predicted octanol–water partition coefficient (Wildman–Crippen LogP) is 1.84. The highest BCUT2D eigenvalue weighted by atomic mass is 15.2. The van der Waals surface area contributed by atoms with Gasteiger partial charge in [-0.3, -0.25) is 4.90 Å². The lowest BCUT2D eigenvalue weighted by molar-refractivity contribution is 0.108. The minimum Gasteiger partial charge on any atom is -0.329 e. The molecule has 2 nitrogen and oxygen atoms in total. The molecule has 0 aromatic heterocycles. The first-order chi connectivity index (χ1) is 5.99. The van der Waals surface area contributed by atoms with Crippen LogP contribution in [0, 0.1) is 5.41 Å². The summed E-state index contributed by atoms with van der Waals surface area (Å²) < 4.78 is 0. The number of nitrogens with zero attached hydrogens (tertiary/aromatic N) is 1. The molecule has 0 bridgehead atoms. The van der Waals surface area contributed by atoms with Crippen molar-refractivity contribution in [2.24, 2.45) is 11.1 Å². The lowest BCUT2D eigenvalue weighted by Crippen LogP contribution is -2.46. The van der Waals surface area contributed by atoms with Crippen LogP contribution in [-0.2, 0) is 0 Å². The van der Waals surface area contributed by atoms with Crippen LogP contribution in [0.3, 0.4) is 0 Å². The molecule has 2 heteroatoms. The van der Waals surface area contributed by atoms with E-state index in [4.69, 9.17) is 5.73 Å². The fraction of sp³-hybridized carbons (Fsp3) is 1.00. The van der Waals surface area contributed by atoms with Gasteiger partial charge in [-0.25, -0.2) is 0 Å². The van der Waals surface area contributed by atoms with E-state index in [9.17, 15) is 0 Å². The van der Waals surface area contributed by atoms with Crippen LogP contribution in [-0.4, -0.2) is 30.6 Å². The SMILES string of the molecule is CC(CN)N(C)C1CCCC1(C)C. The number of hydrogen-bond donors (Lipinski definition) is 1. The number of likely N-dealkylation sites (N-methyl/N-ethyl adjacent to an activating group) is 1. The number of hydrogen-bond acceptors (Lipinski definition) is 2. The first-order valence-corrected chi connectivity index (χ1v) is 5.41. The van der Waals surface area contributed by atoms with Gasteiger partial charge in [0.2, 0.25) is 0 Å². The molecular weight excluding hydrogens is 160 g/mol. The van der Waals surface area contributed by atoms with Crippen LogP contribution in [0.5, 0.6) is 0 Å². The summed E-state index contributed by atoms with van der Waals surface area (Å²) in [7, 11) is 2.22. The Hall–Kier alpha value is -0.0800. The lowest BCUT2D eigenvalue weighted by atomic mass is 9.86. The third-order valence-electron chi connectivity index (χ3n) is 3.73. The highest BCUT2D eigenvalue weighted by molar-refractivity contribution is 4.92. The Morgan fingerprint density at radius 1 is 1.54 bits per heavy atom. The van der Waals surface area contributed by atoms with Crippen molar-refractivity contribution in [3.8, 4) is 0 Å². The Morgan fingerprint density at radius 3 is 2.54 bits per heavy atom. The van der Waals surface area contributed by atoms with Crippen molar-refractivity contribution in [3.63, 3.8) is 0 Å². The standard InChI is InChI=1S/C11H24N2/c1-9(8-12)13(4)10-6-5-7-11(10,2)3/h9-10H,5-8,12H2,1-4H3. The van der Waals surface area contributed by atoms with Gasteiger partial charge in [-0.1, -0.05) is 20.3 Å². The first kappa shape index (κ1) is 11.0. The van der Waals surface area contributed by atoms with Gasteiger partial charge in [-0.05, 0) is 32.2 Å². The van der Waals surface area contributed by atoms with Crippen LogP contribution in [0.2, 0.25) is 0 Å². The zero-order chi connectivity index (χ0) is 10.1. The molecule has 0 amide bonds. The van der Waals surface area contributed by atoms with E-state index in [-0.39, 0.29) is 0 Å². The van der Waals surface area contributed by atoms with Crippen LogP contribution in [0.25, 0.3) is 0 Å². The van der Waals surface area contributed by atoms with Crippen molar-refractivity contribution in [2.45, 2.75) is 52.1 Å². The molecule has 1 fully saturated rings. The second kappa shape index (κ2) is 3.97. The summed E-state index contributed by atoms with van der Waals surface area (Å²) in [5, 5.41) is 0. The summed E-state index contributed by atoms with van der Waals surface area (Å²) in [4.78, 5) is 2.47. The highest BCUT2D eigenvalue weighted by Gasteiger charge is 2.37. The van der Waals surface area contributed by atoms with Gasteiger partial charge in [-0.2, -0.15) is 0 Å². The molecule has 2 unspecified atom stereocenters. The van der Waals surface area contributed by atoms with Gasteiger partial charge < -0.3 is 5.73 Å². The van der Waals surface area contributed by atoms with Gasteiger partial charge in [0.15, 0.2) is 0 Å². The van der Waals surface area contributed by atoms with Gasteiger partial charge in [0.05, 0.1) is 0 Å². The minimum atomic E-state index is 0.484. The fourth-order valence-electron chi connectivity index (χ4n) is 2.54. The zero-order valence-corrected chi connectivity index (χ0v) is 9.51. The molecule has 0 spiro atoms. The second-order valence-electron chi connectivity index (χ2n) is 5.15. The van der Waals surface area contributed by atoms with E-state index in [1.165, 1.54) is 19.3 Å². The molecule has 1 rings (SSSR count). The van der Waals surface area contributed by atoms with Crippen molar-refractivity contribution in [1.29, 1.82) is 0 Å². The van der Waals surface area contributed by atoms with E-state index in [0.717, 1.165) is 12.6 Å². The topological polar surface area (TPSA) is 29.3 Å². The summed E-state index contributed by atoms with van der Waals surface area (Å²) >= 11 is 0. The third-order valence-corrected chi connectivity index (χ3v) is 3.73. The summed E-state index contributed by atoms with van der Waals surface area (Å²) in [6.07, 6.45) is 4.08. The average molecular weight is 184 g/mol. The molecule has 0 aliphatic heterocycles. The summed E-state index contributed by atoms with van der Waals surface area (Å²) in [5.74, 6) is 0. The van der Waals surface area contributed by atoms with Gasteiger partial charge >= 0.3 is 0 Å². The first-order valence-electron chi connectivity index (χ1n) is 5.41. The molecule has 1 aliphatic carbocycles. The van der Waals surface area contributed by atoms with Gasteiger partial charge in [0, 0.05) is 18.6 Å². The maximum atomic E-state index is 5.69. The Morgan fingerprint density at radius 2 is 2.15 bits per heavy atom. The maximum Gasteiger partial charge on any atom is 0.0190 e. The van der Waals surface area contributed by atoms with Crippen molar-refractivity contribution >= 4 is 0 Å². The molecule has 0 heterocycles. The third kappa shape index (κ3) is 2.23. The quantitative estimate of drug-likeness (QED) is 0.725. The molecular formula is C11H24N2. The molecule has 0 aromatic carbocycles. The van der Waals surface area contributed by atoms with Crippen molar-refractivity contribution in [2.75, 3.05) is 13.6 Å². The number of rotatable bonds is 3. The van der Waals surface area contributed by atoms with Gasteiger partial charge in [0.1, 0.15) is 0 Å². The predicted molar refractivity (Wildman–Crippen MR) is 57.7 cm³/mol. The maximum absolute atomic E-state index is 5.69. The fourth-order valence-corrected chi connectivity index (χ4v) is 2.54. The zero-order valence-electron chi connectivity index (χ0n) is 9.51. The van der Waals surface area contributed by atoms with E-state index in [2.05, 4.69) is 32.7 Å². The molecule has 13 heavy (non-hydrogen) atoms. The smallest absolute Gasteiger partial charge is 0.0190 e. The van der Waals surface area contributed by atoms with Crippen LogP contribution in [0.4, 0.5) is 0 Å². The molecule has 78 valence electrons. The molecule has 1 saturated carbocycles. The van der Waals surface area contributed by atoms with E-state index in [1.54, 1.807) is 0 Å². The van der Waals surface area contributed by atoms with Crippen LogP contribution < -0.4 is 5.73 Å². The van der Waals surface area contributed by atoms with E-state index in [1.807, 2.05) is 0 Å². The normalized spacial score (nSPS) is 29.5. The highest BCUT2D eigenvalue weighted by Crippen LogP contribution is 2.40. The number of nitrogens with two attached hydrogens (primary N) is 1. The summed E-state index contributed by atoms with van der Waals surface area (Å²) in [6, 6.07) is 1.24. The lowest BCUT2D eigenvalue weighted by Gasteiger charge is -2.38. The Bertz CT molecular complexity index is 165. The van der Waals surface area contributed by atoms with Gasteiger partial charge in [0.25, 0.3) is 0 Å². The molecule has 2 atom stereocenters. The van der Waals surface area contributed by atoms with Crippen LogP contribution in [0.1, 0.15) is 40.0 Å². The molecule has 0 saturated heterocycles. The molecule has 2 N–H and O–H groups in total. The van der Waals surface area contributed by atoms with Crippen LogP contribution >= 0.6 is 0 Å². The van der Waals surface area contributed by atoms with Crippen molar-refractivity contribution in [3.05, 3.63) is 0 Å². The Balaban J connectivity index is 2.60. The van der Waals surface area contributed by atoms with Crippen molar-refractivity contribution < 1.29 is 0 Å². The van der Waals surface area contributed by atoms with E-state index >= 15 is 0 Å². The summed E-state index contributed by atoms with van der Waals surface area (Å²) in [6.45, 7) is 7.74. The minimum absolute atomic E-state index is 0.484. The Labute approximate surface area is 82.5 Å². The van der Waals surface area contributed by atoms with E-state index in [0.29, 0.717) is 11.5 Å². The van der Waals surface area contributed by atoms with Crippen molar-refractivity contribution in [1.82, 2.24) is 4.90 Å².